The first-order valence-corrected chi connectivity index (χ1v) is 7.71. The average Bonchev–Trinajstić information content (AvgIpc) is 2.98. The number of hydrogen-bond donors (Lipinski definition) is 1. The van der Waals surface area contributed by atoms with E-state index in [0.29, 0.717) is 17.5 Å². The van der Waals surface area contributed by atoms with Crippen LogP contribution in [-0.4, -0.2) is 22.5 Å². The van der Waals surface area contributed by atoms with Crippen LogP contribution >= 0.6 is 11.8 Å². The lowest BCUT2D eigenvalue weighted by Gasteiger charge is -2.08. The van der Waals surface area contributed by atoms with Gasteiger partial charge in [0.05, 0.1) is 11.8 Å². The van der Waals surface area contributed by atoms with E-state index in [2.05, 4.69) is 21.4 Å². The van der Waals surface area contributed by atoms with Gasteiger partial charge in [-0.1, -0.05) is 17.8 Å². The third-order valence-corrected chi connectivity index (χ3v) is 3.72. The van der Waals surface area contributed by atoms with Gasteiger partial charge in [0.15, 0.2) is 16.7 Å². The van der Waals surface area contributed by atoms with E-state index in [1.54, 1.807) is 0 Å². The Morgan fingerprint density at radius 3 is 3.00 bits per heavy atom. The second-order valence-corrected chi connectivity index (χ2v) is 5.61. The highest BCUT2D eigenvalue weighted by Crippen LogP contribution is 2.32. The molecule has 0 aliphatic carbocycles. The Morgan fingerprint density at radius 2 is 2.14 bits per heavy atom. The van der Waals surface area contributed by atoms with Gasteiger partial charge in [0.2, 0.25) is 6.79 Å². The number of nitrogens with zero attached hydrogens (tertiary/aromatic N) is 3. The van der Waals surface area contributed by atoms with Crippen LogP contribution in [0.15, 0.2) is 29.4 Å². The first-order chi connectivity index (χ1) is 10.7. The van der Waals surface area contributed by atoms with Crippen LogP contribution in [0.4, 0.5) is 5.82 Å². The van der Waals surface area contributed by atoms with E-state index in [1.807, 2.05) is 31.2 Å². The first kappa shape index (κ1) is 14.5. The normalized spacial score (nSPS) is 12.0. The number of aromatic nitrogens is 2. The SMILES string of the molecule is Cc1cc(NCc2ccc3c(c2)OCO3)nc(SCC#N)n1. The molecule has 2 aromatic rings. The summed E-state index contributed by atoms with van der Waals surface area (Å²) in [6, 6.07) is 9.79. The van der Waals surface area contributed by atoms with Crippen LogP contribution < -0.4 is 14.8 Å². The van der Waals surface area contributed by atoms with Gasteiger partial charge in [-0.15, -0.1) is 0 Å². The number of aryl methyl sites for hydroxylation is 1. The largest absolute Gasteiger partial charge is 0.454 e. The maximum Gasteiger partial charge on any atom is 0.231 e. The van der Waals surface area contributed by atoms with Gasteiger partial charge in [0.1, 0.15) is 5.82 Å². The minimum Gasteiger partial charge on any atom is -0.454 e. The topological polar surface area (TPSA) is 80.1 Å². The number of anilines is 1. The molecule has 0 atom stereocenters. The lowest BCUT2D eigenvalue weighted by molar-refractivity contribution is 0.174. The summed E-state index contributed by atoms with van der Waals surface area (Å²) in [6.07, 6.45) is 0. The standard InChI is InChI=1S/C15H14N4O2S/c1-10-6-14(19-15(18-10)22-5-4-16)17-8-11-2-3-12-13(7-11)21-9-20-12/h2-3,6-7H,5,8-9H2,1H3,(H,17,18,19). The molecule has 1 aromatic carbocycles. The molecule has 0 amide bonds. The van der Waals surface area contributed by atoms with Crippen molar-refractivity contribution >= 4 is 17.6 Å². The number of thioether (sulfide) groups is 1. The molecule has 0 spiro atoms. The van der Waals surface area contributed by atoms with Gasteiger partial charge in [-0.05, 0) is 24.6 Å². The van der Waals surface area contributed by atoms with Gasteiger partial charge in [-0.25, -0.2) is 9.97 Å². The van der Waals surface area contributed by atoms with E-state index in [-0.39, 0.29) is 6.79 Å². The Bertz CT molecular complexity index is 730. The molecular weight excluding hydrogens is 300 g/mol. The highest BCUT2D eigenvalue weighted by atomic mass is 32.2. The summed E-state index contributed by atoms with van der Waals surface area (Å²) in [4.78, 5) is 8.69. The Morgan fingerprint density at radius 1 is 1.27 bits per heavy atom. The number of fused-ring (bicyclic) bond motifs is 1. The number of nitriles is 1. The number of rotatable bonds is 5. The highest BCUT2D eigenvalue weighted by Gasteiger charge is 2.13. The van der Waals surface area contributed by atoms with Crippen LogP contribution in [0.3, 0.4) is 0 Å². The van der Waals surface area contributed by atoms with Crippen LogP contribution in [0, 0.1) is 18.3 Å². The number of nitrogens with one attached hydrogen (secondary N) is 1. The first-order valence-electron chi connectivity index (χ1n) is 6.72. The van der Waals surface area contributed by atoms with Crippen LogP contribution in [-0.2, 0) is 6.54 Å². The minimum absolute atomic E-state index is 0.275. The van der Waals surface area contributed by atoms with Gasteiger partial charge in [-0.3, -0.25) is 0 Å². The summed E-state index contributed by atoms with van der Waals surface area (Å²) >= 11 is 1.33. The monoisotopic (exact) mass is 314 g/mol. The summed E-state index contributed by atoms with van der Waals surface area (Å²) < 4.78 is 10.7. The van der Waals surface area contributed by atoms with Gasteiger partial charge in [0, 0.05) is 18.3 Å². The van der Waals surface area contributed by atoms with Crippen LogP contribution in [0.5, 0.6) is 11.5 Å². The molecule has 0 fully saturated rings. The molecule has 7 heteroatoms. The summed E-state index contributed by atoms with van der Waals surface area (Å²) in [5.74, 6) is 2.62. The zero-order valence-electron chi connectivity index (χ0n) is 12.0. The van der Waals surface area contributed by atoms with Crippen molar-refractivity contribution in [3.05, 3.63) is 35.5 Å². The van der Waals surface area contributed by atoms with Crippen molar-refractivity contribution in [2.24, 2.45) is 0 Å². The lowest BCUT2D eigenvalue weighted by Crippen LogP contribution is -2.03. The van der Waals surface area contributed by atoms with E-state index in [9.17, 15) is 0 Å². The Labute approximate surface area is 132 Å². The molecule has 22 heavy (non-hydrogen) atoms. The van der Waals surface area contributed by atoms with Crippen molar-refractivity contribution in [2.75, 3.05) is 17.9 Å². The van der Waals surface area contributed by atoms with E-state index >= 15 is 0 Å². The number of benzene rings is 1. The molecule has 0 saturated heterocycles. The third-order valence-electron chi connectivity index (χ3n) is 3.01. The zero-order valence-corrected chi connectivity index (χ0v) is 12.8. The Hall–Kier alpha value is -2.46. The van der Waals surface area contributed by atoms with E-state index < -0.39 is 0 Å². The molecule has 1 aliphatic heterocycles. The molecule has 3 rings (SSSR count). The summed E-state index contributed by atoms with van der Waals surface area (Å²) in [6.45, 7) is 2.80. The molecule has 6 nitrogen and oxygen atoms in total. The van der Waals surface area contributed by atoms with Gasteiger partial charge >= 0.3 is 0 Å². The molecule has 0 bridgehead atoms. The molecule has 1 aromatic heterocycles. The van der Waals surface area contributed by atoms with Crippen LogP contribution in [0.1, 0.15) is 11.3 Å². The second-order valence-electron chi connectivity index (χ2n) is 4.67. The Kier molecular flexibility index (Phi) is 4.30. The number of hydrogen-bond acceptors (Lipinski definition) is 7. The highest BCUT2D eigenvalue weighted by molar-refractivity contribution is 7.99. The van der Waals surface area contributed by atoms with Crippen LogP contribution in [0.25, 0.3) is 0 Å². The predicted octanol–water partition coefficient (Wildman–Crippen LogP) is 2.74. The van der Waals surface area contributed by atoms with Gasteiger partial charge in [-0.2, -0.15) is 5.26 Å². The second kappa shape index (κ2) is 6.54. The fourth-order valence-corrected chi connectivity index (χ4v) is 2.60. The van der Waals surface area contributed by atoms with Crippen molar-refractivity contribution in [3.63, 3.8) is 0 Å². The molecule has 0 radical (unpaired) electrons. The molecule has 0 saturated carbocycles. The molecule has 2 heterocycles. The Balaban J connectivity index is 1.68. The van der Waals surface area contributed by atoms with Crippen LogP contribution in [0.2, 0.25) is 0 Å². The van der Waals surface area contributed by atoms with Crippen molar-refractivity contribution in [1.82, 2.24) is 9.97 Å². The number of ether oxygens (including phenoxy) is 2. The van der Waals surface area contributed by atoms with Crippen molar-refractivity contribution in [1.29, 1.82) is 5.26 Å². The molecule has 1 aliphatic rings. The van der Waals surface area contributed by atoms with E-state index in [4.69, 9.17) is 14.7 Å². The predicted molar refractivity (Wildman–Crippen MR) is 83.0 cm³/mol. The summed E-state index contributed by atoms with van der Waals surface area (Å²) in [7, 11) is 0. The molecule has 0 unspecified atom stereocenters. The molecule has 112 valence electrons. The average molecular weight is 314 g/mol. The van der Waals surface area contributed by atoms with Crippen molar-refractivity contribution < 1.29 is 9.47 Å². The molecule has 1 N–H and O–H groups in total. The minimum atomic E-state index is 0.275. The lowest BCUT2D eigenvalue weighted by atomic mass is 10.2. The maximum absolute atomic E-state index is 8.63. The van der Waals surface area contributed by atoms with Gasteiger partial charge in [0.25, 0.3) is 0 Å². The maximum atomic E-state index is 8.63. The van der Waals surface area contributed by atoms with E-state index in [0.717, 1.165) is 28.6 Å². The fourth-order valence-electron chi connectivity index (χ4n) is 2.04. The van der Waals surface area contributed by atoms with Crippen molar-refractivity contribution in [3.8, 4) is 17.6 Å². The fraction of sp³-hybridized carbons (Fsp3) is 0.267. The third kappa shape index (κ3) is 3.40. The van der Waals surface area contributed by atoms with Gasteiger partial charge < -0.3 is 14.8 Å². The van der Waals surface area contributed by atoms with E-state index in [1.165, 1.54) is 11.8 Å². The smallest absolute Gasteiger partial charge is 0.231 e. The summed E-state index contributed by atoms with van der Waals surface area (Å²) in [5.41, 5.74) is 1.94. The van der Waals surface area contributed by atoms with Crippen molar-refractivity contribution in [2.45, 2.75) is 18.6 Å². The molecular formula is C15H14N4O2S. The summed E-state index contributed by atoms with van der Waals surface area (Å²) in [5, 5.41) is 12.5. The zero-order chi connectivity index (χ0) is 15.4. The quantitative estimate of drug-likeness (QED) is 0.671.